The van der Waals surface area contributed by atoms with Crippen molar-refractivity contribution in [3.8, 4) is 0 Å². The van der Waals surface area contributed by atoms with Crippen LogP contribution in [0.1, 0.15) is 44.0 Å². The molecular weight excluding hydrogens is 365 g/mol. The molecule has 0 atom stereocenters. The summed E-state index contributed by atoms with van der Waals surface area (Å²) in [4.78, 5) is 7.39. The molecule has 1 aliphatic carbocycles. The molecule has 0 amide bonds. The molecule has 0 bridgehead atoms. The highest BCUT2D eigenvalue weighted by Gasteiger charge is 2.36. The molecule has 26 heavy (non-hydrogen) atoms. The van der Waals surface area contributed by atoms with Crippen LogP contribution >= 0.6 is 11.8 Å². The summed E-state index contributed by atoms with van der Waals surface area (Å²) < 4.78 is 41.2. The Morgan fingerprint density at radius 2 is 1.81 bits per heavy atom. The van der Waals surface area contributed by atoms with Gasteiger partial charge in [-0.25, -0.2) is 14.6 Å². The van der Waals surface area contributed by atoms with Gasteiger partial charge < -0.3 is 0 Å². The largest absolute Gasteiger partial charge is 0.451 e. The molecule has 0 spiro atoms. The highest BCUT2D eigenvalue weighted by atomic mass is 32.2. The Balaban J connectivity index is 1.75. The molecule has 10 heteroatoms. The minimum atomic E-state index is -4.62. The summed E-state index contributed by atoms with van der Waals surface area (Å²) >= 11 is 1.05. The van der Waals surface area contributed by atoms with E-state index in [1.807, 2.05) is 0 Å². The van der Waals surface area contributed by atoms with Gasteiger partial charge in [0.25, 0.3) is 0 Å². The Morgan fingerprint density at radius 1 is 1.04 bits per heavy atom. The first-order chi connectivity index (χ1) is 12.5. The first-order valence-electron chi connectivity index (χ1n) is 8.32. The van der Waals surface area contributed by atoms with Gasteiger partial charge in [-0.05, 0) is 41.1 Å². The minimum absolute atomic E-state index is 0.177. The molecule has 2 aromatic heterocycles. The van der Waals surface area contributed by atoms with Crippen LogP contribution in [0.4, 0.5) is 13.2 Å². The standard InChI is InChI=1S/C16H15F3N6S/c17-16(18,19)14-20-12-9-5-4-8-11(12)13(21-14)26-15-22-23-24-25(15)10-6-2-1-3-7-10/h4-5,8-10H,1-3,6-7H2. The second kappa shape index (κ2) is 6.82. The summed E-state index contributed by atoms with van der Waals surface area (Å²) in [5.41, 5.74) is 0.244. The summed E-state index contributed by atoms with van der Waals surface area (Å²) in [5, 5.41) is 13.0. The second-order valence-electron chi connectivity index (χ2n) is 6.17. The molecule has 1 saturated carbocycles. The number of hydrogen-bond acceptors (Lipinski definition) is 6. The molecule has 0 unspecified atom stereocenters. The number of alkyl halides is 3. The van der Waals surface area contributed by atoms with Gasteiger partial charge in [0.2, 0.25) is 11.0 Å². The van der Waals surface area contributed by atoms with Crippen LogP contribution in [0, 0.1) is 0 Å². The number of para-hydroxylation sites is 1. The molecule has 2 heterocycles. The predicted octanol–water partition coefficient (Wildman–Crippen LogP) is 4.29. The van der Waals surface area contributed by atoms with Crippen LogP contribution in [0.15, 0.2) is 34.4 Å². The number of nitrogens with zero attached hydrogens (tertiary/aromatic N) is 6. The minimum Gasteiger partial charge on any atom is -0.224 e. The van der Waals surface area contributed by atoms with Crippen LogP contribution in [-0.2, 0) is 6.18 Å². The van der Waals surface area contributed by atoms with Gasteiger partial charge in [0, 0.05) is 5.39 Å². The molecule has 1 aliphatic rings. The quantitative estimate of drug-likeness (QED) is 0.632. The van der Waals surface area contributed by atoms with Gasteiger partial charge in [0.1, 0.15) is 5.03 Å². The normalized spacial score (nSPS) is 16.3. The van der Waals surface area contributed by atoms with Crippen molar-refractivity contribution in [2.24, 2.45) is 0 Å². The van der Waals surface area contributed by atoms with Crippen molar-refractivity contribution in [3.63, 3.8) is 0 Å². The summed E-state index contributed by atoms with van der Waals surface area (Å²) in [6, 6.07) is 6.81. The van der Waals surface area contributed by atoms with Crippen LogP contribution < -0.4 is 0 Å². The van der Waals surface area contributed by atoms with E-state index in [1.54, 1.807) is 28.9 Å². The molecule has 1 aromatic carbocycles. The lowest BCUT2D eigenvalue weighted by atomic mass is 9.96. The maximum Gasteiger partial charge on any atom is 0.451 e. The number of tetrazole rings is 1. The molecule has 4 rings (SSSR count). The summed E-state index contributed by atoms with van der Waals surface area (Å²) in [6.07, 6.45) is 0.710. The van der Waals surface area contributed by atoms with Crippen molar-refractivity contribution >= 4 is 22.7 Å². The number of aromatic nitrogens is 6. The zero-order valence-corrected chi connectivity index (χ0v) is 14.5. The molecule has 0 saturated heterocycles. The molecule has 136 valence electrons. The van der Waals surface area contributed by atoms with Crippen LogP contribution in [0.3, 0.4) is 0 Å². The van der Waals surface area contributed by atoms with Crippen molar-refractivity contribution in [1.29, 1.82) is 0 Å². The molecule has 6 nitrogen and oxygen atoms in total. The Hall–Kier alpha value is -2.23. The van der Waals surface area contributed by atoms with Gasteiger partial charge in [-0.2, -0.15) is 13.2 Å². The van der Waals surface area contributed by atoms with Crippen LogP contribution in [0.2, 0.25) is 0 Å². The zero-order valence-electron chi connectivity index (χ0n) is 13.6. The fraction of sp³-hybridized carbons (Fsp3) is 0.438. The van der Waals surface area contributed by atoms with Gasteiger partial charge in [-0.1, -0.05) is 37.5 Å². The second-order valence-corrected chi connectivity index (χ2v) is 7.12. The molecule has 0 N–H and O–H groups in total. The highest BCUT2D eigenvalue weighted by Crippen LogP contribution is 2.36. The van der Waals surface area contributed by atoms with Crippen LogP contribution in [0.25, 0.3) is 10.9 Å². The van der Waals surface area contributed by atoms with Gasteiger partial charge in [-0.3, -0.25) is 0 Å². The maximum absolute atomic E-state index is 13.2. The van der Waals surface area contributed by atoms with E-state index in [0.29, 0.717) is 10.5 Å². The van der Waals surface area contributed by atoms with Crippen molar-refractivity contribution in [1.82, 2.24) is 30.2 Å². The topological polar surface area (TPSA) is 69.4 Å². The van der Waals surface area contributed by atoms with E-state index < -0.39 is 12.0 Å². The predicted molar refractivity (Wildman–Crippen MR) is 88.6 cm³/mol. The average Bonchev–Trinajstić information content (AvgIpc) is 3.10. The Kier molecular flexibility index (Phi) is 4.51. The van der Waals surface area contributed by atoms with E-state index in [4.69, 9.17) is 0 Å². The van der Waals surface area contributed by atoms with Crippen molar-refractivity contribution in [3.05, 3.63) is 30.1 Å². The average molecular weight is 380 g/mol. The fourth-order valence-electron chi connectivity index (χ4n) is 3.15. The van der Waals surface area contributed by atoms with E-state index >= 15 is 0 Å². The molecule has 0 radical (unpaired) electrons. The van der Waals surface area contributed by atoms with E-state index in [9.17, 15) is 13.2 Å². The third kappa shape index (κ3) is 3.37. The fourth-order valence-corrected chi connectivity index (χ4v) is 4.09. The monoisotopic (exact) mass is 380 g/mol. The molecule has 3 aromatic rings. The Morgan fingerprint density at radius 3 is 2.58 bits per heavy atom. The molecule has 0 aliphatic heterocycles. The smallest absolute Gasteiger partial charge is 0.224 e. The molecular formula is C16H15F3N6S. The number of benzene rings is 1. The van der Waals surface area contributed by atoms with Crippen molar-refractivity contribution < 1.29 is 13.2 Å². The van der Waals surface area contributed by atoms with E-state index in [0.717, 1.165) is 37.4 Å². The van der Waals surface area contributed by atoms with E-state index in [2.05, 4.69) is 25.5 Å². The van der Waals surface area contributed by atoms with Crippen LogP contribution in [-0.4, -0.2) is 30.2 Å². The van der Waals surface area contributed by atoms with Gasteiger partial charge in [0.15, 0.2) is 0 Å². The van der Waals surface area contributed by atoms with Gasteiger partial charge in [-0.15, -0.1) is 5.10 Å². The highest BCUT2D eigenvalue weighted by molar-refractivity contribution is 7.99. The van der Waals surface area contributed by atoms with E-state index in [-0.39, 0.29) is 16.6 Å². The van der Waals surface area contributed by atoms with Gasteiger partial charge >= 0.3 is 6.18 Å². The lowest BCUT2D eigenvalue weighted by Crippen LogP contribution is -2.15. The summed E-state index contributed by atoms with van der Waals surface area (Å²) in [5.74, 6) is -1.16. The Labute approximate surface area is 151 Å². The lowest BCUT2D eigenvalue weighted by Gasteiger charge is -2.22. The number of rotatable bonds is 3. The third-order valence-electron chi connectivity index (χ3n) is 4.39. The van der Waals surface area contributed by atoms with Crippen LogP contribution in [0.5, 0.6) is 0 Å². The van der Waals surface area contributed by atoms with E-state index in [1.165, 1.54) is 6.42 Å². The molecule has 1 fully saturated rings. The van der Waals surface area contributed by atoms with Crippen molar-refractivity contribution in [2.75, 3.05) is 0 Å². The first-order valence-corrected chi connectivity index (χ1v) is 9.14. The number of halogens is 3. The van der Waals surface area contributed by atoms with Gasteiger partial charge in [0.05, 0.1) is 11.6 Å². The first kappa shape index (κ1) is 17.2. The summed E-state index contributed by atoms with van der Waals surface area (Å²) in [7, 11) is 0. The zero-order chi connectivity index (χ0) is 18.1. The summed E-state index contributed by atoms with van der Waals surface area (Å²) in [6.45, 7) is 0. The number of fused-ring (bicyclic) bond motifs is 1. The van der Waals surface area contributed by atoms with Crippen molar-refractivity contribution in [2.45, 2.75) is 54.5 Å². The SMILES string of the molecule is FC(F)(F)c1nc(Sc2nnnn2C2CCCCC2)c2ccccc2n1. The number of hydrogen-bond donors (Lipinski definition) is 0. The third-order valence-corrected chi connectivity index (χ3v) is 5.35. The maximum atomic E-state index is 13.2. The lowest BCUT2D eigenvalue weighted by molar-refractivity contribution is -0.145. The Bertz CT molecular complexity index is 920.